The number of methoxy groups -OCH3 is 2. The van der Waals surface area contributed by atoms with Gasteiger partial charge in [0.15, 0.2) is 23.0 Å². The zero-order valence-electron chi connectivity index (χ0n) is 17.1. The van der Waals surface area contributed by atoms with Crippen LogP contribution in [0.25, 0.3) is 0 Å². The van der Waals surface area contributed by atoms with Gasteiger partial charge in [0.25, 0.3) is 5.91 Å². The van der Waals surface area contributed by atoms with E-state index in [9.17, 15) is 4.79 Å². The molecule has 0 bridgehead atoms. The van der Waals surface area contributed by atoms with Gasteiger partial charge in [-0.2, -0.15) is 0 Å². The molecule has 2 aromatic carbocycles. The normalized spacial score (nSPS) is 10.4. The first kappa shape index (κ1) is 21.1. The Morgan fingerprint density at radius 1 is 0.967 bits per heavy atom. The standard InChI is InChI=1S/C23H25N3O4/c1-28-21-12-17(14-24)5-7-19(21)30-20-8-6-18(13-22(20)29-2)23(27)26-11-9-16-4-3-10-25-15-16/h3-8,10,12-13,15H,9,11,14,24H2,1-2H3,(H,26,27). The van der Waals surface area contributed by atoms with Crippen molar-refractivity contribution < 1.29 is 19.0 Å². The minimum atomic E-state index is -0.186. The summed E-state index contributed by atoms with van der Waals surface area (Å²) < 4.78 is 16.8. The third-order valence-corrected chi connectivity index (χ3v) is 4.53. The first-order valence-electron chi connectivity index (χ1n) is 9.54. The summed E-state index contributed by atoms with van der Waals surface area (Å²) in [5, 5.41) is 2.90. The Labute approximate surface area is 175 Å². The number of hydrogen-bond donors (Lipinski definition) is 2. The van der Waals surface area contributed by atoms with Gasteiger partial charge in [-0.1, -0.05) is 12.1 Å². The Bertz CT molecular complexity index is 993. The number of hydrogen-bond acceptors (Lipinski definition) is 6. The second-order valence-electron chi connectivity index (χ2n) is 6.52. The average Bonchev–Trinajstić information content (AvgIpc) is 2.80. The number of amides is 1. The number of aromatic nitrogens is 1. The quantitative estimate of drug-likeness (QED) is 0.565. The van der Waals surface area contributed by atoms with Crippen molar-refractivity contribution in [3.8, 4) is 23.0 Å². The molecule has 7 heteroatoms. The Morgan fingerprint density at radius 2 is 1.70 bits per heavy atom. The average molecular weight is 407 g/mol. The van der Waals surface area contributed by atoms with Crippen LogP contribution in [-0.2, 0) is 13.0 Å². The summed E-state index contributed by atoms with van der Waals surface area (Å²) in [7, 11) is 3.10. The molecular formula is C23H25N3O4. The van der Waals surface area contributed by atoms with Crippen molar-refractivity contribution in [3.63, 3.8) is 0 Å². The van der Waals surface area contributed by atoms with E-state index < -0.39 is 0 Å². The molecule has 0 aliphatic carbocycles. The molecule has 0 saturated heterocycles. The second kappa shape index (κ2) is 10.3. The number of carbonyl (C=O) groups excluding carboxylic acids is 1. The SMILES string of the molecule is COc1cc(CN)ccc1Oc1ccc(C(=O)NCCc2cccnc2)cc1OC. The second-order valence-corrected chi connectivity index (χ2v) is 6.52. The van der Waals surface area contributed by atoms with Crippen molar-refractivity contribution >= 4 is 5.91 Å². The molecule has 156 valence electrons. The van der Waals surface area contributed by atoms with E-state index in [4.69, 9.17) is 19.9 Å². The van der Waals surface area contributed by atoms with Gasteiger partial charge in [0, 0.05) is 31.0 Å². The van der Waals surface area contributed by atoms with Gasteiger partial charge in [-0.25, -0.2) is 0 Å². The lowest BCUT2D eigenvalue weighted by atomic mass is 10.1. The Kier molecular flexibility index (Phi) is 7.24. The molecule has 0 atom stereocenters. The summed E-state index contributed by atoms with van der Waals surface area (Å²) in [5.74, 6) is 1.83. The smallest absolute Gasteiger partial charge is 0.251 e. The number of nitrogens with zero attached hydrogens (tertiary/aromatic N) is 1. The Morgan fingerprint density at radius 3 is 2.37 bits per heavy atom. The monoisotopic (exact) mass is 407 g/mol. The number of carbonyl (C=O) groups is 1. The molecule has 0 saturated carbocycles. The molecule has 0 aliphatic heterocycles. The van der Waals surface area contributed by atoms with Crippen LogP contribution in [0.5, 0.6) is 23.0 Å². The van der Waals surface area contributed by atoms with Crippen molar-refractivity contribution in [2.45, 2.75) is 13.0 Å². The predicted molar refractivity (Wildman–Crippen MR) is 114 cm³/mol. The molecule has 3 N–H and O–H groups in total. The van der Waals surface area contributed by atoms with Crippen LogP contribution < -0.4 is 25.3 Å². The molecule has 1 amide bonds. The van der Waals surface area contributed by atoms with Crippen LogP contribution in [0.15, 0.2) is 60.9 Å². The first-order chi connectivity index (χ1) is 14.6. The van der Waals surface area contributed by atoms with Crippen LogP contribution in [0.3, 0.4) is 0 Å². The van der Waals surface area contributed by atoms with E-state index in [-0.39, 0.29) is 5.91 Å². The zero-order chi connectivity index (χ0) is 21.3. The first-order valence-corrected chi connectivity index (χ1v) is 9.54. The maximum absolute atomic E-state index is 12.5. The van der Waals surface area contributed by atoms with Gasteiger partial charge in [-0.05, 0) is 53.9 Å². The number of ether oxygens (including phenoxy) is 3. The summed E-state index contributed by atoms with van der Waals surface area (Å²) in [6.45, 7) is 0.917. The summed E-state index contributed by atoms with van der Waals surface area (Å²) in [6.07, 6.45) is 4.21. The Balaban J connectivity index is 1.69. The molecule has 3 aromatic rings. The molecule has 0 spiro atoms. The third-order valence-electron chi connectivity index (χ3n) is 4.53. The number of pyridine rings is 1. The predicted octanol–water partition coefficient (Wildman–Crippen LogP) is 3.32. The van der Waals surface area contributed by atoms with Gasteiger partial charge in [0.1, 0.15) is 0 Å². The summed E-state index contributed by atoms with van der Waals surface area (Å²) in [4.78, 5) is 16.6. The van der Waals surface area contributed by atoms with Gasteiger partial charge in [-0.3, -0.25) is 9.78 Å². The van der Waals surface area contributed by atoms with Gasteiger partial charge < -0.3 is 25.3 Å². The van der Waals surface area contributed by atoms with Crippen molar-refractivity contribution in [3.05, 3.63) is 77.6 Å². The van der Waals surface area contributed by atoms with E-state index >= 15 is 0 Å². The molecule has 3 rings (SSSR count). The largest absolute Gasteiger partial charge is 0.493 e. The van der Waals surface area contributed by atoms with Gasteiger partial charge in [-0.15, -0.1) is 0 Å². The molecule has 30 heavy (non-hydrogen) atoms. The molecule has 1 heterocycles. The highest BCUT2D eigenvalue weighted by atomic mass is 16.5. The van der Waals surface area contributed by atoms with E-state index in [1.54, 1.807) is 43.8 Å². The van der Waals surface area contributed by atoms with Crippen molar-refractivity contribution in [1.29, 1.82) is 0 Å². The molecular weight excluding hydrogens is 382 g/mol. The lowest BCUT2D eigenvalue weighted by Gasteiger charge is -2.15. The van der Waals surface area contributed by atoms with Gasteiger partial charge in [0.2, 0.25) is 0 Å². The summed E-state index contributed by atoms with van der Waals surface area (Å²) >= 11 is 0. The van der Waals surface area contributed by atoms with Crippen LogP contribution in [0, 0.1) is 0 Å². The van der Waals surface area contributed by atoms with Crippen LogP contribution in [-0.4, -0.2) is 31.7 Å². The minimum absolute atomic E-state index is 0.186. The van der Waals surface area contributed by atoms with E-state index in [0.29, 0.717) is 48.1 Å². The lowest BCUT2D eigenvalue weighted by molar-refractivity contribution is 0.0953. The molecule has 0 aliphatic rings. The molecule has 0 fully saturated rings. The molecule has 1 aromatic heterocycles. The fraction of sp³-hybridized carbons (Fsp3) is 0.217. The molecule has 0 radical (unpaired) electrons. The molecule has 7 nitrogen and oxygen atoms in total. The van der Waals surface area contributed by atoms with E-state index in [2.05, 4.69) is 10.3 Å². The van der Waals surface area contributed by atoms with Gasteiger partial charge >= 0.3 is 0 Å². The van der Waals surface area contributed by atoms with E-state index in [1.807, 2.05) is 24.3 Å². The third kappa shape index (κ3) is 5.27. The van der Waals surface area contributed by atoms with E-state index in [0.717, 1.165) is 11.1 Å². The topological polar surface area (TPSA) is 95.7 Å². The van der Waals surface area contributed by atoms with Gasteiger partial charge in [0.05, 0.1) is 14.2 Å². The van der Waals surface area contributed by atoms with Crippen LogP contribution in [0.2, 0.25) is 0 Å². The number of rotatable bonds is 9. The van der Waals surface area contributed by atoms with Crippen molar-refractivity contribution in [1.82, 2.24) is 10.3 Å². The minimum Gasteiger partial charge on any atom is -0.493 e. The zero-order valence-corrected chi connectivity index (χ0v) is 17.1. The number of nitrogens with one attached hydrogen (secondary N) is 1. The maximum Gasteiger partial charge on any atom is 0.251 e. The van der Waals surface area contributed by atoms with Crippen molar-refractivity contribution in [2.75, 3.05) is 20.8 Å². The fourth-order valence-corrected chi connectivity index (χ4v) is 2.90. The highest BCUT2D eigenvalue weighted by Crippen LogP contribution is 2.37. The summed E-state index contributed by atoms with van der Waals surface area (Å²) in [5.41, 5.74) is 8.16. The number of benzene rings is 2. The number of nitrogens with two attached hydrogens (primary N) is 1. The maximum atomic E-state index is 12.5. The fourth-order valence-electron chi connectivity index (χ4n) is 2.90. The Hall–Kier alpha value is -3.58. The van der Waals surface area contributed by atoms with Crippen molar-refractivity contribution in [2.24, 2.45) is 5.73 Å². The van der Waals surface area contributed by atoms with Crippen LogP contribution >= 0.6 is 0 Å². The highest BCUT2D eigenvalue weighted by molar-refractivity contribution is 5.94. The summed E-state index contributed by atoms with van der Waals surface area (Å²) in [6, 6.07) is 14.4. The van der Waals surface area contributed by atoms with Crippen LogP contribution in [0.4, 0.5) is 0 Å². The lowest BCUT2D eigenvalue weighted by Crippen LogP contribution is -2.25. The highest BCUT2D eigenvalue weighted by Gasteiger charge is 2.14. The van der Waals surface area contributed by atoms with Crippen LogP contribution in [0.1, 0.15) is 21.5 Å². The molecule has 0 unspecified atom stereocenters. The van der Waals surface area contributed by atoms with E-state index in [1.165, 1.54) is 7.11 Å².